The second-order valence-electron chi connectivity index (χ2n) is 4.04. The molecule has 0 spiro atoms. The molecule has 0 aromatic carbocycles. The number of anilines is 2. The predicted octanol–water partition coefficient (Wildman–Crippen LogP) is 3.07. The van der Waals surface area contributed by atoms with Gasteiger partial charge in [0.2, 0.25) is 0 Å². The van der Waals surface area contributed by atoms with Crippen LogP contribution < -0.4 is 10.2 Å². The van der Waals surface area contributed by atoms with Crippen molar-refractivity contribution < 1.29 is 0 Å². The van der Waals surface area contributed by atoms with E-state index in [2.05, 4.69) is 21.3 Å². The largest absolute Gasteiger partial charge is 0.366 e. The van der Waals surface area contributed by atoms with Gasteiger partial charge in [-0.2, -0.15) is 0 Å². The fourth-order valence-corrected chi connectivity index (χ4v) is 2.35. The molecular formula is C12H18ClN3. The Morgan fingerprint density at radius 2 is 2.25 bits per heavy atom. The number of nitrogens with one attached hydrogen (secondary N) is 1. The van der Waals surface area contributed by atoms with Crippen molar-refractivity contribution in [2.45, 2.75) is 33.2 Å². The van der Waals surface area contributed by atoms with E-state index in [1.54, 1.807) is 0 Å². The fraction of sp³-hybridized carbons (Fsp3) is 0.583. The second-order valence-corrected chi connectivity index (χ2v) is 4.40. The van der Waals surface area contributed by atoms with Crippen molar-refractivity contribution in [2.75, 3.05) is 23.3 Å². The van der Waals surface area contributed by atoms with Gasteiger partial charge in [-0.15, -0.1) is 0 Å². The van der Waals surface area contributed by atoms with E-state index in [9.17, 15) is 0 Å². The molecule has 4 heteroatoms. The third-order valence-corrected chi connectivity index (χ3v) is 3.38. The summed E-state index contributed by atoms with van der Waals surface area (Å²) in [4.78, 5) is 6.75. The number of aryl methyl sites for hydroxylation is 1. The zero-order chi connectivity index (χ0) is 11.7. The highest BCUT2D eigenvalue weighted by atomic mass is 35.5. The van der Waals surface area contributed by atoms with E-state index in [0.717, 1.165) is 24.5 Å². The summed E-state index contributed by atoms with van der Waals surface area (Å²) in [5.41, 5.74) is 2.26. The van der Waals surface area contributed by atoms with Crippen molar-refractivity contribution in [1.29, 1.82) is 0 Å². The van der Waals surface area contributed by atoms with E-state index in [1.807, 2.05) is 20.8 Å². The molecule has 1 unspecified atom stereocenters. The van der Waals surface area contributed by atoms with Gasteiger partial charge in [0.1, 0.15) is 5.15 Å². The lowest BCUT2D eigenvalue weighted by atomic mass is 10.2. The molecule has 16 heavy (non-hydrogen) atoms. The zero-order valence-electron chi connectivity index (χ0n) is 10.0. The smallest absolute Gasteiger partial charge is 0.151 e. The molecule has 0 amide bonds. The first-order valence-electron chi connectivity index (χ1n) is 5.92. The van der Waals surface area contributed by atoms with Crippen LogP contribution in [0.2, 0.25) is 5.15 Å². The normalized spacial score (nSPS) is 20.8. The second kappa shape index (κ2) is 4.50. The van der Waals surface area contributed by atoms with Crippen LogP contribution in [0.15, 0.2) is 6.07 Å². The standard InChI is InChI=1S/C10H12ClN3.C2H6/c1-6-4-8-10(13-9(6)11)12-7-2-3-14(8)5-7;1-2/h4,7H,2-3,5H2,1H3,(H,12,13);1-2H3. The minimum atomic E-state index is 0.564. The lowest BCUT2D eigenvalue weighted by Crippen LogP contribution is -2.32. The summed E-state index contributed by atoms with van der Waals surface area (Å²) in [7, 11) is 0. The molecule has 1 fully saturated rings. The van der Waals surface area contributed by atoms with Gasteiger partial charge in [-0.05, 0) is 25.0 Å². The molecule has 1 aromatic rings. The number of nitrogens with zero attached hydrogens (tertiary/aromatic N) is 2. The summed E-state index contributed by atoms with van der Waals surface area (Å²) in [5, 5.41) is 4.03. The van der Waals surface area contributed by atoms with Gasteiger partial charge in [-0.3, -0.25) is 0 Å². The molecule has 88 valence electrons. The Hall–Kier alpha value is -0.960. The quantitative estimate of drug-likeness (QED) is 0.706. The van der Waals surface area contributed by atoms with Gasteiger partial charge in [0.15, 0.2) is 5.82 Å². The Morgan fingerprint density at radius 1 is 1.50 bits per heavy atom. The van der Waals surface area contributed by atoms with Crippen LogP contribution in [0, 0.1) is 6.92 Å². The lowest BCUT2D eigenvalue weighted by molar-refractivity contribution is 0.787. The molecule has 2 aliphatic heterocycles. The number of fused-ring (bicyclic) bond motifs is 4. The maximum absolute atomic E-state index is 5.99. The topological polar surface area (TPSA) is 28.2 Å². The monoisotopic (exact) mass is 239 g/mol. The highest BCUT2D eigenvalue weighted by Gasteiger charge is 2.30. The highest BCUT2D eigenvalue weighted by molar-refractivity contribution is 6.30. The molecule has 3 rings (SSSR count). The van der Waals surface area contributed by atoms with Crippen molar-refractivity contribution >= 4 is 23.1 Å². The Balaban J connectivity index is 0.000000457. The van der Waals surface area contributed by atoms with Gasteiger partial charge >= 0.3 is 0 Å². The maximum Gasteiger partial charge on any atom is 0.151 e. The van der Waals surface area contributed by atoms with E-state index < -0.39 is 0 Å². The van der Waals surface area contributed by atoms with Crippen LogP contribution in [0.25, 0.3) is 0 Å². The minimum Gasteiger partial charge on any atom is -0.366 e. The molecule has 1 saturated heterocycles. The first kappa shape index (κ1) is 11.5. The van der Waals surface area contributed by atoms with E-state index in [4.69, 9.17) is 11.6 Å². The van der Waals surface area contributed by atoms with Crippen LogP contribution in [0.3, 0.4) is 0 Å². The lowest BCUT2D eigenvalue weighted by Gasteiger charge is -2.28. The Bertz CT molecular complexity index is 392. The van der Waals surface area contributed by atoms with Gasteiger partial charge in [-0.25, -0.2) is 4.98 Å². The predicted molar refractivity (Wildman–Crippen MR) is 69.6 cm³/mol. The van der Waals surface area contributed by atoms with Crippen LogP contribution >= 0.6 is 11.6 Å². The van der Waals surface area contributed by atoms with Gasteiger partial charge in [0.05, 0.1) is 5.69 Å². The Kier molecular flexibility index (Phi) is 3.24. The van der Waals surface area contributed by atoms with Crippen molar-refractivity contribution in [2.24, 2.45) is 0 Å². The number of rotatable bonds is 0. The molecule has 1 atom stereocenters. The van der Waals surface area contributed by atoms with E-state index in [1.165, 1.54) is 12.1 Å². The molecule has 0 radical (unpaired) electrons. The van der Waals surface area contributed by atoms with Gasteiger partial charge in [0.25, 0.3) is 0 Å². The summed E-state index contributed by atoms with van der Waals surface area (Å²) in [6.45, 7) is 8.24. The first-order valence-corrected chi connectivity index (χ1v) is 6.30. The van der Waals surface area contributed by atoms with Crippen LogP contribution in [0.5, 0.6) is 0 Å². The van der Waals surface area contributed by atoms with Crippen molar-refractivity contribution in [3.8, 4) is 0 Å². The molecule has 1 N–H and O–H groups in total. The van der Waals surface area contributed by atoms with Gasteiger partial charge in [-0.1, -0.05) is 25.4 Å². The number of hydrogen-bond acceptors (Lipinski definition) is 3. The molecule has 2 bridgehead atoms. The molecule has 3 heterocycles. The number of pyridine rings is 1. The van der Waals surface area contributed by atoms with Crippen molar-refractivity contribution in [1.82, 2.24) is 4.98 Å². The molecule has 0 aliphatic carbocycles. The summed E-state index contributed by atoms with van der Waals surface area (Å²) in [5.74, 6) is 0.953. The van der Waals surface area contributed by atoms with Crippen molar-refractivity contribution in [3.63, 3.8) is 0 Å². The van der Waals surface area contributed by atoms with Crippen molar-refractivity contribution in [3.05, 3.63) is 16.8 Å². The average Bonchev–Trinajstić information content (AvgIpc) is 2.68. The van der Waals surface area contributed by atoms with Gasteiger partial charge in [0, 0.05) is 19.1 Å². The first-order chi connectivity index (χ1) is 7.74. The maximum atomic E-state index is 5.99. The zero-order valence-corrected chi connectivity index (χ0v) is 10.8. The summed E-state index contributed by atoms with van der Waals surface area (Å²) in [6.07, 6.45) is 1.20. The van der Waals surface area contributed by atoms with Crippen LogP contribution in [-0.4, -0.2) is 24.1 Å². The number of aromatic nitrogens is 1. The van der Waals surface area contributed by atoms with Gasteiger partial charge < -0.3 is 10.2 Å². The molecule has 0 saturated carbocycles. The summed E-state index contributed by atoms with van der Waals surface area (Å²) >= 11 is 5.99. The van der Waals surface area contributed by atoms with E-state index >= 15 is 0 Å². The Labute approximate surface area is 102 Å². The molecule has 2 aliphatic rings. The average molecular weight is 240 g/mol. The third kappa shape index (κ3) is 1.84. The molecule has 3 nitrogen and oxygen atoms in total. The SMILES string of the molecule is CC.Cc1cc2c(nc1Cl)NC1CCN2C1. The third-order valence-electron chi connectivity index (χ3n) is 3.00. The van der Waals surface area contributed by atoms with Crippen LogP contribution in [-0.2, 0) is 0 Å². The molecular weight excluding hydrogens is 222 g/mol. The summed E-state index contributed by atoms with van der Waals surface area (Å²) < 4.78 is 0. The Morgan fingerprint density at radius 3 is 3.00 bits per heavy atom. The van der Waals surface area contributed by atoms with Crippen LogP contribution in [0.4, 0.5) is 11.5 Å². The minimum absolute atomic E-state index is 0.564. The van der Waals surface area contributed by atoms with Crippen LogP contribution in [0.1, 0.15) is 25.8 Å². The van der Waals surface area contributed by atoms with E-state index in [0.29, 0.717) is 11.2 Å². The fourth-order valence-electron chi connectivity index (χ4n) is 2.21. The number of halogens is 1. The highest BCUT2D eigenvalue weighted by Crippen LogP contribution is 2.36. The number of hydrogen-bond donors (Lipinski definition) is 1. The summed E-state index contributed by atoms with van der Waals surface area (Å²) in [6, 6.07) is 2.69. The molecule has 1 aromatic heterocycles. The van der Waals surface area contributed by atoms with E-state index in [-0.39, 0.29) is 0 Å².